The summed E-state index contributed by atoms with van der Waals surface area (Å²) in [4.78, 5) is 8.88. The Balaban J connectivity index is 2.05. The van der Waals surface area contributed by atoms with Gasteiger partial charge >= 0.3 is 0 Å². The van der Waals surface area contributed by atoms with Crippen molar-refractivity contribution in [3.05, 3.63) is 54.4 Å². The molecule has 0 saturated heterocycles. The highest BCUT2D eigenvalue weighted by Crippen LogP contribution is 2.19. The highest BCUT2D eigenvalue weighted by molar-refractivity contribution is 5.61. The number of H-pyrrole nitrogens is 1. The van der Waals surface area contributed by atoms with Gasteiger partial charge in [-0.05, 0) is 37.3 Å². The summed E-state index contributed by atoms with van der Waals surface area (Å²) < 4.78 is 0. The van der Waals surface area contributed by atoms with Gasteiger partial charge in [-0.1, -0.05) is 12.1 Å². The third-order valence-electron chi connectivity index (χ3n) is 2.64. The Morgan fingerprint density at radius 3 is 2.33 bits per heavy atom. The molecule has 4 nitrogen and oxygen atoms in total. The average Bonchev–Trinajstić information content (AvgIpc) is 2.87. The minimum absolute atomic E-state index is 0.850. The van der Waals surface area contributed by atoms with Gasteiger partial charge in [0.15, 0.2) is 0 Å². The van der Waals surface area contributed by atoms with Gasteiger partial charge in [0.05, 0.1) is 17.1 Å². The molecule has 0 unspecified atom stereocenters. The number of hydrogen-bond acceptors (Lipinski definition) is 3. The quantitative estimate of drug-likeness (QED) is 0.744. The fourth-order valence-electron chi connectivity index (χ4n) is 1.78. The van der Waals surface area contributed by atoms with Crippen LogP contribution in [0.2, 0.25) is 0 Å². The average molecular weight is 236 g/mol. The van der Waals surface area contributed by atoms with Crippen LogP contribution >= 0.6 is 0 Å². The van der Waals surface area contributed by atoms with E-state index in [0.717, 1.165) is 28.5 Å². The van der Waals surface area contributed by atoms with Gasteiger partial charge in [0.25, 0.3) is 0 Å². The van der Waals surface area contributed by atoms with Crippen LogP contribution in [0, 0.1) is 6.92 Å². The maximum Gasteiger partial charge on any atom is 0.111 e. The van der Waals surface area contributed by atoms with Crippen LogP contribution in [0.3, 0.4) is 0 Å². The summed E-state index contributed by atoms with van der Waals surface area (Å²) in [6.45, 7) is 1.97. The first kappa shape index (κ1) is 10.7. The summed E-state index contributed by atoms with van der Waals surface area (Å²) in [6.07, 6.45) is 1.77. The molecule has 0 radical (unpaired) electrons. The summed E-state index contributed by atoms with van der Waals surface area (Å²) in [5, 5.41) is 7.13. The van der Waals surface area contributed by atoms with Gasteiger partial charge in [-0.3, -0.25) is 10.1 Å². The summed E-state index contributed by atoms with van der Waals surface area (Å²) in [5.74, 6) is 0. The molecule has 0 amide bonds. The number of pyridine rings is 2. The Hall–Kier alpha value is -2.49. The molecule has 88 valence electrons. The molecule has 0 aliphatic carbocycles. The first-order valence-electron chi connectivity index (χ1n) is 5.74. The van der Waals surface area contributed by atoms with Gasteiger partial charge in [-0.15, -0.1) is 0 Å². The van der Waals surface area contributed by atoms with E-state index in [9.17, 15) is 0 Å². The molecule has 0 aromatic carbocycles. The topological polar surface area (TPSA) is 54.5 Å². The van der Waals surface area contributed by atoms with Crippen LogP contribution in [0.25, 0.3) is 22.8 Å². The minimum Gasteiger partial charge on any atom is -0.282 e. The van der Waals surface area contributed by atoms with Crippen molar-refractivity contribution in [2.24, 2.45) is 0 Å². The summed E-state index contributed by atoms with van der Waals surface area (Å²) >= 11 is 0. The molecule has 3 aromatic rings. The van der Waals surface area contributed by atoms with E-state index in [-0.39, 0.29) is 0 Å². The standard InChI is InChI=1S/C14H12N4/c1-10-9-14(18-17-10)13-7-4-6-12(16-13)11-5-2-3-8-15-11/h2-9H,1H3,(H,17,18). The van der Waals surface area contributed by atoms with Crippen LogP contribution in [-0.2, 0) is 0 Å². The van der Waals surface area contributed by atoms with E-state index in [1.807, 2.05) is 49.4 Å². The predicted molar refractivity (Wildman–Crippen MR) is 69.8 cm³/mol. The number of aryl methyl sites for hydroxylation is 1. The lowest BCUT2D eigenvalue weighted by Crippen LogP contribution is -1.89. The molecule has 0 spiro atoms. The largest absolute Gasteiger partial charge is 0.282 e. The van der Waals surface area contributed by atoms with Crippen molar-refractivity contribution in [1.29, 1.82) is 0 Å². The second-order valence-corrected chi connectivity index (χ2v) is 4.06. The van der Waals surface area contributed by atoms with Crippen LogP contribution in [0.4, 0.5) is 0 Å². The Morgan fingerprint density at radius 1 is 0.889 bits per heavy atom. The molecule has 0 atom stereocenters. The second-order valence-electron chi connectivity index (χ2n) is 4.06. The molecular weight excluding hydrogens is 224 g/mol. The number of rotatable bonds is 2. The molecule has 0 aliphatic rings. The Labute approximate surface area is 105 Å². The Kier molecular flexibility index (Phi) is 2.61. The van der Waals surface area contributed by atoms with E-state index < -0.39 is 0 Å². The number of hydrogen-bond donors (Lipinski definition) is 1. The molecular formula is C14H12N4. The SMILES string of the molecule is Cc1cc(-c2cccc(-c3ccccn3)n2)n[nH]1. The minimum atomic E-state index is 0.850. The molecule has 0 saturated carbocycles. The van der Waals surface area contributed by atoms with Gasteiger partial charge in [0, 0.05) is 11.9 Å². The van der Waals surface area contributed by atoms with Crippen molar-refractivity contribution in [2.75, 3.05) is 0 Å². The van der Waals surface area contributed by atoms with Crippen LogP contribution < -0.4 is 0 Å². The van der Waals surface area contributed by atoms with Crippen molar-refractivity contribution in [3.8, 4) is 22.8 Å². The zero-order valence-corrected chi connectivity index (χ0v) is 9.96. The third kappa shape index (κ3) is 2.00. The second kappa shape index (κ2) is 4.41. The number of aromatic nitrogens is 4. The van der Waals surface area contributed by atoms with E-state index >= 15 is 0 Å². The Morgan fingerprint density at radius 2 is 1.67 bits per heavy atom. The van der Waals surface area contributed by atoms with Gasteiger partial charge in [0.1, 0.15) is 5.69 Å². The third-order valence-corrected chi connectivity index (χ3v) is 2.64. The molecule has 0 aliphatic heterocycles. The molecule has 3 aromatic heterocycles. The van der Waals surface area contributed by atoms with Crippen molar-refractivity contribution >= 4 is 0 Å². The van der Waals surface area contributed by atoms with Gasteiger partial charge in [0.2, 0.25) is 0 Å². The fourth-order valence-corrected chi connectivity index (χ4v) is 1.78. The van der Waals surface area contributed by atoms with Gasteiger partial charge in [-0.2, -0.15) is 5.10 Å². The maximum atomic E-state index is 4.58. The zero-order chi connectivity index (χ0) is 12.4. The summed E-state index contributed by atoms with van der Waals surface area (Å²) in [6, 6.07) is 13.6. The van der Waals surface area contributed by atoms with Crippen molar-refractivity contribution in [3.63, 3.8) is 0 Å². The van der Waals surface area contributed by atoms with E-state index in [2.05, 4.69) is 20.2 Å². The molecule has 0 bridgehead atoms. The molecule has 3 rings (SSSR count). The number of nitrogens with one attached hydrogen (secondary N) is 1. The lowest BCUT2D eigenvalue weighted by atomic mass is 10.2. The van der Waals surface area contributed by atoms with Crippen LogP contribution in [-0.4, -0.2) is 20.2 Å². The summed E-state index contributed by atoms with van der Waals surface area (Å²) in [7, 11) is 0. The van der Waals surface area contributed by atoms with Gasteiger partial charge in [-0.25, -0.2) is 4.98 Å². The highest BCUT2D eigenvalue weighted by atomic mass is 15.1. The number of nitrogens with zero attached hydrogens (tertiary/aromatic N) is 3. The molecule has 18 heavy (non-hydrogen) atoms. The normalized spacial score (nSPS) is 10.5. The van der Waals surface area contributed by atoms with Crippen LogP contribution in [0.1, 0.15) is 5.69 Å². The van der Waals surface area contributed by atoms with E-state index in [4.69, 9.17) is 0 Å². The van der Waals surface area contributed by atoms with Crippen molar-refractivity contribution in [2.45, 2.75) is 6.92 Å². The first-order chi connectivity index (χ1) is 8.83. The maximum absolute atomic E-state index is 4.58. The fraction of sp³-hybridized carbons (Fsp3) is 0.0714. The first-order valence-corrected chi connectivity index (χ1v) is 5.74. The lowest BCUT2D eigenvalue weighted by Gasteiger charge is -2.01. The molecule has 1 N–H and O–H groups in total. The lowest BCUT2D eigenvalue weighted by molar-refractivity contribution is 1.04. The predicted octanol–water partition coefficient (Wildman–Crippen LogP) is 2.84. The van der Waals surface area contributed by atoms with Crippen molar-refractivity contribution < 1.29 is 0 Å². The summed E-state index contributed by atoms with van der Waals surface area (Å²) in [5.41, 5.74) is 4.45. The van der Waals surface area contributed by atoms with Crippen molar-refractivity contribution in [1.82, 2.24) is 20.2 Å². The van der Waals surface area contributed by atoms with Crippen LogP contribution in [0.5, 0.6) is 0 Å². The van der Waals surface area contributed by atoms with Crippen LogP contribution in [0.15, 0.2) is 48.7 Å². The molecule has 3 heterocycles. The van der Waals surface area contributed by atoms with Gasteiger partial charge < -0.3 is 0 Å². The highest BCUT2D eigenvalue weighted by Gasteiger charge is 2.06. The molecule has 0 fully saturated rings. The molecule has 4 heteroatoms. The number of aromatic amines is 1. The van der Waals surface area contributed by atoms with E-state index in [1.165, 1.54) is 0 Å². The zero-order valence-electron chi connectivity index (χ0n) is 9.96. The van der Waals surface area contributed by atoms with E-state index in [0.29, 0.717) is 0 Å². The van der Waals surface area contributed by atoms with E-state index in [1.54, 1.807) is 6.20 Å². The Bertz CT molecular complexity index is 658. The smallest absolute Gasteiger partial charge is 0.111 e. The monoisotopic (exact) mass is 236 g/mol.